The van der Waals surface area contributed by atoms with E-state index in [-0.39, 0.29) is 24.3 Å². The minimum atomic E-state index is -0.765. The van der Waals surface area contributed by atoms with Crippen molar-refractivity contribution in [3.63, 3.8) is 0 Å². The van der Waals surface area contributed by atoms with Crippen LogP contribution in [0.2, 0.25) is 0 Å². The van der Waals surface area contributed by atoms with Crippen LogP contribution in [-0.2, 0) is 14.3 Å². The predicted octanol–water partition coefficient (Wildman–Crippen LogP) is 1.42. The summed E-state index contributed by atoms with van der Waals surface area (Å²) in [6, 6.07) is 0. The Morgan fingerprint density at radius 1 is 1.44 bits per heavy atom. The van der Waals surface area contributed by atoms with Gasteiger partial charge in [0, 0.05) is 19.6 Å². The molecule has 0 saturated carbocycles. The van der Waals surface area contributed by atoms with E-state index in [1.165, 1.54) is 0 Å². The molecule has 1 fully saturated rings. The van der Waals surface area contributed by atoms with Gasteiger partial charge in [0.25, 0.3) is 0 Å². The Kier molecular flexibility index (Phi) is 6.12. The van der Waals surface area contributed by atoms with Crippen molar-refractivity contribution in [1.82, 2.24) is 5.32 Å². The molecule has 104 valence electrons. The molecule has 1 heterocycles. The number of carbonyl (C=O) groups excluding carboxylic acids is 1. The molecule has 3 atom stereocenters. The van der Waals surface area contributed by atoms with E-state index in [2.05, 4.69) is 5.32 Å². The summed E-state index contributed by atoms with van der Waals surface area (Å²) in [6.45, 7) is 5.27. The molecule has 0 aromatic heterocycles. The lowest BCUT2D eigenvalue weighted by molar-refractivity contribution is -0.137. The van der Waals surface area contributed by atoms with Crippen molar-refractivity contribution >= 4 is 11.9 Å². The highest BCUT2D eigenvalue weighted by molar-refractivity contribution is 5.81. The molecule has 2 N–H and O–H groups in total. The van der Waals surface area contributed by atoms with Gasteiger partial charge in [-0.3, -0.25) is 9.59 Å². The van der Waals surface area contributed by atoms with Gasteiger partial charge in [-0.15, -0.1) is 0 Å². The average Bonchev–Trinajstić information content (AvgIpc) is 2.72. The van der Waals surface area contributed by atoms with E-state index in [1.54, 1.807) is 0 Å². The number of aliphatic carboxylic acids is 1. The lowest BCUT2D eigenvalue weighted by Crippen LogP contribution is -2.38. The van der Waals surface area contributed by atoms with Gasteiger partial charge < -0.3 is 15.2 Å². The van der Waals surface area contributed by atoms with Crippen LogP contribution in [0.1, 0.15) is 39.5 Å². The second-order valence-corrected chi connectivity index (χ2v) is 5.17. The topological polar surface area (TPSA) is 75.6 Å². The van der Waals surface area contributed by atoms with Crippen molar-refractivity contribution in [3.05, 3.63) is 0 Å². The molecule has 0 aromatic rings. The second-order valence-electron chi connectivity index (χ2n) is 5.17. The zero-order valence-electron chi connectivity index (χ0n) is 11.1. The van der Waals surface area contributed by atoms with Gasteiger partial charge in [0.15, 0.2) is 0 Å². The minimum absolute atomic E-state index is 0.0366. The van der Waals surface area contributed by atoms with Crippen LogP contribution in [0.15, 0.2) is 0 Å². The van der Waals surface area contributed by atoms with Crippen molar-refractivity contribution in [3.8, 4) is 0 Å². The minimum Gasteiger partial charge on any atom is -0.481 e. The summed E-state index contributed by atoms with van der Waals surface area (Å²) in [5, 5.41) is 11.4. The number of hydrogen-bond donors (Lipinski definition) is 2. The summed E-state index contributed by atoms with van der Waals surface area (Å²) < 4.78 is 5.37. The molecule has 0 spiro atoms. The van der Waals surface area contributed by atoms with E-state index in [0.29, 0.717) is 25.5 Å². The van der Waals surface area contributed by atoms with E-state index in [1.807, 2.05) is 13.8 Å². The van der Waals surface area contributed by atoms with Gasteiger partial charge in [0.05, 0.1) is 0 Å². The first kappa shape index (κ1) is 15.0. The monoisotopic (exact) mass is 257 g/mol. The molecule has 0 bridgehead atoms. The Balaban J connectivity index is 2.13. The summed E-state index contributed by atoms with van der Waals surface area (Å²) in [6.07, 6.45) is 2.28. The highest BCUT2D eigenvalue weighted by Gasteiger charge is 2.30. The lowest BCUT2D eigenvalue weighted by atomic mass is 10.0. The predicted molar refractivity (Wildman–Crippen MR) is 67.2 cm³/mol. The maximum Gasteiger partial charge on any atom is 0.303 e. The Hall–Kier alpha value is -1.10. The zero-order chi connectivity index (χ0) is 13.5. The lowest BCUT2D eigenvalue weighted by Gasteiger charge is -2.15. The smallest absolute Gasteiger partial charge is 0.303 e. The largest absolute Gasteiger partial charge is 0.481 e. The average molecular weight is 257 g/mol. The van der Waals surface area contributed by atoms with Crippen LogP contribution in [0.5, 0.6) is 0 Å². The number of ether oxygens (including phenoxy) is 1. The molecule has 0 aromatic carbocycles. The number of carboxylic acids is 1. The molecule has 1 aliphatic rings. The van der Waals surface area contributed by atoms with E-state index in [0.717, 1.165) is 12.8 Å². The van der Waals surface area contributed by atoms with Crippen LogP contribution in [-0.4, -0.2) is 36.2 Å². The number of hydrogen-bond acceptors (Lipinski definition) is 3. The van der Waals surface area contributed by atoms with Crippen molar-refractivity contribution in [2.45, 2.75) is 45.6 Å². The summed E-state index contributed by atoms with van der Waals surface area (Å²) in [4.78, 5) is 22.2. The molecule has 0 aliphatic carbocycles. The molecule has 1 amide bonds. The summed E-state index contributed by atoms with van der Waals surface area (Å²) >= 11 is 0. The molecule has 0 radical (unpaired) electrons. The third-order valence-corrected chi connectivity index (χ3v) is 3.43. The van der Waals surface area contributed by atoms with Gasteiger partial charge in [-0.1, -0.05) is 13.8 Å². The Morgan fingerprint density at radius 3 is 2.72 bits per heavy atom. The van der Waals surface area contributed by atoms with Crippen molar-refractivity contribution in [1.29, 1.82) is 0 Å². The van der Waals surface area contributed by atoms with E-state index < -0.39 is 5.97 Å². The maximum atomic E-state index is 11.8. The standard InChI is InChI=1S/C13H23NO4/c1-9(3-4-11(15)16)5-7-14-13(17)12-10(2)6-8-18-12/h9-10,12H,3-8H2,1-2H3,(H,14,17)(H,15,16). The first-order chi connectivity index (χ1) is 8.50. The number of nitrogens with one attached hydrogen (secondary N) is 1. The van der Waals surface area contributed by atoms with E-state index >= 15 is 0 Å². The first-order valence-corrected chi connectivity index (χ1v) is 6.61. The Labute approximate surface area is 108 Å². The molecule has 1 aliphatic heterocycles. The third-order valence-electron chi connectivity index (χ3n) is 3.43. The van der Waals surface area contributed by atoms with Crippen LogP contribution in [0.25, 0.3) is 0 Å². The van der Waals surface area contributed by atoms with Crippen LogP contribution in [0.3, 0.4) is 0 Å². The molecule has 3 unspecified atom stereocenters. The van der Waals surface area contributed by atoms with Crippen LogP contribution >= 0.6 is 0 Å². The molecule has 1 rings (SSSR count). The van der Waals surface area contributed by atoms with Crippen LogP contribution in [0, 0.1) is 11.8 Å². The van der Waals surface area contributed by atoms with Gasteiger partial charge in [-0.25, -0.2) is 0 Å². The van der Waals surface area contributed by atoms with Crippen LogP contribution < -0.4 is 5.32 Å². The number of rotatable bonds is 7. The molecular weight excluding hydrogens is 234 g/mol. The first-order valence-electron chi connectivity index (χ1n) is 6.61. The zero-order valence-corrected chi connectivity index (χ0v) is 11.1. The highest BCUT2D eigenvalue weighted by atomic mass is 16.5. The SMILES string of the molecule is CC(CCNC(=O)C1OCCC1C)CCC(=O)O. The normalized spacial score (nSPS) is 24.8. The van der Waals surface area contributed by atoms with Crippen molar-refractivity contribution < 1.29 is 19.4 Å². The third kappa shape index (κ3) is 5.04. The second kappa shape index (κ2) is 7.36. The molecule has 5 heteroatoms. The fraction of sp³-hybridized carbons (Fsp3) is 0.846. The van der Waals surface area contributed by atoms with Gasteiger partial charge in [0.2, 0.25) is 5.91 Å². The van der Waals surface area contributed by atoms with Gasteiger partial charge >= 0.3 is 5.97 Å². The number of carboxylic acid groups (broad SMARTS) is 1. The maximum absolute atomic E-state index is 11.8. The number of amides is 1. The number of carbonyl (C=O) groups is 2. The Morgan fingerprint density at radius 2 is 2.17 bits per heavy atom. The quantitative estimate of drug-likeness (QED) is 0.723. The summed E-state index contributed by atoms with van der Waals surface area (Å²) in [5.74, 6) is -0.206. The fourth-order valence-electron chi connectivity index (χ4n) is 2.09. The van der Waals surface area contributed by atoms with Crippen molar-refractivity contribution in [2.75, 3.05) is 13.2 Å². The van der Waals surface area contributed by atoms with Gasteiger partial charge in [-0.2, -0.15) is 0 Å². The summed E-state index contributed by atoms with van der Waals surface area (Å²) in [7, 11) is 0. The molecular formula is C13H23NO4. The molecule has 5 nitrogen and oxygen atoms in total. The Bertz CT molecular complexity index is 293. The summed E-state index contributed by atoms with van der Waals surface area (Å²) in [5.41, 5.74) is 0. The fourth-order valence-corrected chi connectivity index (χ4v) is 2.09. The molecule has 1 saturated heterocycles. The molecule has 18 heavy (non-hydrogen) atoms. The van der Waals surface area contributed by atoms with Crippen molar-refractivity contribution in [2.24, 2.45) is 11.8 Å². The van der Waals surface area contributed by atoms with E-state index in [4.69, 9.17) is 9.84 Å². The van der Waals surface area contributed by atoms with Crippen LogP contribution in [0.4, 0.5) is 0 Å². The van der Waals surface area contributed by atoms with Gasteiger partial charge in [-0.05, 0) is 31.1 Å². The highest BCUT2D eigenvalue weighted by Crippen LogP contribution is 2.20. The van der Waals surface area contributed by atoms with Gasteiger partial charge in [0.1, 0.15) is 6.10 Å². The van der Waals surface area contributed by atoms with E-state index in [9.17, 15) is 9.59 Å².